The lowest BCUT2D eigenvalue weighted by atomic mass is 9.99. The Morgan fingerprint density at radius 3 is 2.27 bits per heavy atom. The molecule has 1 aliphatic rings. The van der Waals surface area contributed by atoms with Crippen LogP contribution in [0.2, 0.25) is 0 Å². The Kier molecular flexibility index (Phi) is 5.17. The van der Waals surface area contributed by atoms with Crippen LogP contribution in [0.15, 0.2) is 48.5 Å². The van der Waals surface area contributed by atoms with Gasteiger partial charge in [0, 0.05) is 10.5 Å². The molecule has 1 fully saturated rings. The minimum Gasteiger partial charge on any atom is -0.496 e. The molecule has 0 N–H and O–H groups in total. The monoisotopic (exact) mass is 330 g/mol. The molecule has 2 aromatic carbocycles. The van der Waals surface area contributed by atoms with Gasteiger partial charge in [-0.2, -0.15) is 0 Å². The molecule has 2 aromatic rings. The molecule has 3 rings (SSSR count). The molecule has 0 heterocycles. The second kappa shape index (κ2) is 7.12. The lowest BCUT2D eigenvalue weighted by molar-refractivity contribution is 0.416. The minimum absolute atomic E-state index is 0.399. The van der Waals surface area contributed by atoms with Gasteiger partial charge >= 0.3 is 0 Å². The summed E-state index contributed by atoms with van der Waals surface area (Å²) in [5.41, 5.74) is 2.53. The SMILES string of the molecule is COc1ccccc1-c1ccccc1PC1(P)CCCCC1. The molecular weight excluding hydrogens is 306 g/mol. The van der Waals surface area contributed by atoms with Crippen molar-refractivity contribution in [2.75, 3.05) is 7.11 Å². The second-order valence-electron chi connectivity index (χ2n) is 6.09. The van der Waals surface area contributed by atoms with Gasteiger partial charge in [0.25, 0.3) is 0 Å². The normalized spacial score (nSPS) is 17.7. The van der Waals surface area contributed by atoms with Crippen molar-refractivity contribution < 1.29 is 4.74 Å². The van der Waals surface area contributed by atoms with E-state index >= 15 is 0 Å². The summed E-state index contributed by atoms with van der Waals surface area (Å²) in [6.07, 6.45) is 6.79. The predicted molar refractivity (Wildman–Crippen MR) is 102 cm³/mol. The van der Waals surface area contributed by atoms with Crippen LogP contribution in [0.5, 0.6) is 5.75 Å². The molecule has 0 aliphatic heterocycles. The van der Waals surface area contributed by atoms with Crippen LogP contribution in [-0.4, -0.2) is 12.0 Å². The first kappa shape index (κ1) is 16.0. The molecule has 0 saturated heterocycles. The van der Waals surface area contributed by atoms with E-state index in [4.69, 9.17) is 4.74 Å². The molecule has 0 bridgehead atoms. The number of methoxy groups -OCH3 is 1. The maximum absolute atomic E-state index is 5.57. The summed E-state index contributed by atoms with van der Waals surface area (Å²) in [4.78, 5) is 0.399. The van der Waals surface area contributed by atoms with Gasteiger partial charge in [-0.1, -0.05) is 70.3 Å². The van der Waals surface area contributed by atoms with E-state index in [1.54, 1.807) is 7.11 Å². The van der Waals surface area contributed by atoms with Gasteiger partial charge in [0.05, 0.1) is 7.11 Å². The van der Waals surface area contributed by atoms with Crippen molar-refractivity contribution in [1.82, 2.24) is 0 Å². The molecule has 116 valence electrons. The summed E-state index contributed by atoms with van der Waals surface area (Å²) in [6, 6.07) is 17.2. The molecule has 2 atom stereocenters. The van der Waals surface area contributed by atoms with Crippen LogP contribution >= 0.6 is 17.8 Å². The van der Waals surface area contributed by atoms with Gasteiger partial charge in [0.15, 0.2) is 0 Å². The third kappa shape index (κ3) is 3.53. The van der Waals surface area contributed by atoms with Gasteiger partial charge in [-0.15, -0.1) is 9.24 Å². The molecule has 0 spiro atoms. The first-order valence-corrected chi connectivity index (χ1v) is 9.59. The van der Waals surface area contributed by atoms with E-state index in [2.05, 4.69) is 45.6 Å². The summed E-state index contributed by atoms with van der Waals surface area (Å²) in [5.74, 6) is 0.959. The summed E-state index contributed by atoms with van der Waals surface area (Å²) in [5, 5.41) is 1.46. The molecule has 2 unspecified atom stereocenters. The van der Waals surface area contributed by atoms with E-state index in [9.17, 15) is 0 Å². The minimum atomic E-state index is 0.399. The Morgan fingerprint density at radius 1 is 0.909 bits per heavy atom. The van der Waals surface area contributed by atoms with Crippen molar-refractivity contribution >= 4 is 23.1 Å². The Morgan fingerprint density at radius 2 is 1.55 bits per heavy atom. The molecule has 1 aliphatic carbocycles. The maximum Gasteiger partial charge on any atom is 0.126 e. The Labute approximate surface area is 137 Å². The molecular formula is C19H24OP2. The van der Waals surface area contributed by atoms with Crippen molar-refractivity contribution in [3.8, 4) is 16.9 Å². The van der Waals surface area contributed by atoms with Gasteiger partial charge in [0.1, 0.15) is 5.75 Å². The van der Waals surface area contributed by atoms with Gasteiger partial charge in [0.2, 0.25) is 0 Å². The number of ether oxygens (including phenoxy) is 1. The first-order valence-electron chi connectivity index (χ1n) is 8.01. The van der Waals surface area contributed by atoms with Crippen molar-refractivity contribution in [2.45, 2.75) is 37.0 Å². The fourth-order valence-electron chi connectivity index (χ4n) is 3.27. The molecule has 1 saturated carbocycles. The van der Waals surface area contributed by atoms with Crippen molar-refractivity contribution in [3.05, 3.63) is 48.5 Å². The average Bonchev–Trinajstić information content (AvgIpc) is 2.56. The number of hydrogen-bond acceptors (Lipinski definition) is 1. The van der Waals surface area contributed by atoms with Crippen molar-refractivity contribution in [1.29, 1.82) is 0 Å². The lowest BCUT2D eigenvalue weighted by Crippen LogP contribution is -2.21. The zero-order valence-electron chi connectivity index (χ0n) is 13.1. The van der Waals surface area contributed by atoms with Crippen LogP contribution in [0.25, 0.3) is 11.1 Å². The third-order valence-electron chi connectivity index (χ3n) is 4.45. The molecule has 1 nitrogen and oxygen atoms in total. The highest BCUT2D eigenvalue weighted by Gasteiger charge is 2.28. The summed E-state index contributed by atoms with van der Waals surface area (Å²) in [7, 11) is 5.77. The largest absolute Gasteiger partial charge is 0.496 e. The number of hydrogen-bond donors (Lipinski definition) is 0. The third-order valence-corrected chi connectivity index (χ3v) is 7.17. The van der Waals surface area contributed by atoms with E-state index in [1.165, 1.54) is 48.5 Å². The van der Waals surface area contributed by atoms with Gasteiger partial charge in [-0.25, -0.2) is 0 Å². The number of benzene rings is 2. The van der Waals surface area contributed by atoms with Crippen LogP contribution in [0, 0.1) is 0 Å². The van der Waals surface area contributed by atoms with E-state index in [-0.39, 0.29) is 0 Å². The fraction of sp³-hybridized carbons (Fsp3) is 0.368. The van der Waals surface area contributed by atoms with Crippen LogP contribution in [-0.2, 0) is 0 Å². The zero-order chi connectivity index (χ0) is 15.4. The molecule has 22 heavy (non-hydrogen) atoms. The van der Waals surface area contributed by atoms with Gasteiger partial charge in [-0.05, 0) is 29.8 Å². The van der Waals surface area contributed by atoms with E-state index in [0.29, 0.717) is 4.90 Å². The van der Waals surface area contributed by atoms with E-state index in [1.807, 2.05) is 12.1 Å². The summed E-state index contributed by atoms with van der Waals surface area (Å²) >= 11 is 0. The van der Waals surface area contributed by atoms with Crippen LogP contribution in [0.4, 0.5) is 0 Å². The molecule has 3 heteroatoms. The van der Waals surface area contributed by atoms with Gasteiger partial charge in [-0.3, -0.25) is 0 Å². The summed E-state index contributed by atoms with van der Waals surface area (Å²) < 4.78 is 5.57. The highest BCUT2D eigenvalue weighted by atomic mass is 31.1. The highest BCUT2D eigenvalue weighted by Crippen LogP contribution is 2.49. The highest BCUT2D eigenvalue weighted by molar-refractivity contribution is 7.58. The van der Waals surface area contributed by atoms with Crippen molar-refractivity contribution in [2.24, 2.45) is 0 Å². The second-order valence-corrected chi connectivity index (χ2v) is 9.55. The Bertz CT molecular complexity index is 633. The predicted octanol–water partition coefficient (Wildman–Crippen LogP) is 5.20. The first-order chi connectivity index (χ1) is 10.7. The zero-order valence-corrected chi connectivity index (χ0v) is 15.3. The average molecular weight is 330 g/mol. The Hall–Kier alpha value is -0.900. The number of rotatable bonds is 4. The molecule has 0 radical (unpaired) electrons. The van der Waals surface area contributed by atoms with Gasteiger partial charge < -0.3 is 4.74 Å². The summed E-state index contributed by atoms with van der Waals surface area (Å²) in [6.45, 7) is 0. The smallest absolute Gasteiger partial charge is 0.126 e. The van der Waals surface area contributed by atoms with E-state index in [0.717, 1.165) is 14.3 Å². The van der Waals surface area contributed by atoms with Crippen molar-refractivity contribution in [3.63, 3.8) is 0 Å². The van der Waals surface area contributed by atoms with Crippen LogP contribution in [0.1, 0.15) is 32.1 Å². The fourth-order valence-corrected chi connectivity index (χ4v) is 5.82. The van der Waals surface area contributed by atoms with Crippen LogP contribution < -0.4 is 10.0 Å². The quantitative estimate of drug-likeness (QED) is 0.700. The number of para-hydroxylation sites is 1. The van der Waals surface area contributed by atoms with Crippen LogP contribution in [0.3, 0.4) is 0 Å². The topological polar surface area (TPSA) is 9.23 Å². The molecule has 0 aromatic heterocycles. The standard InChI is InChI=1S/C19H24OP2/c1-20-17-11-5-3-9-15(17)16-10-4-6-12-18(16)22-19(21)13-7-2-8-14-19/h3-6,9-12,22H,2,7-8,13-14,21H2,1H3. The Balaban J connectivity index is 1.96. The molecule has 0 amide bonds. The maximum atomic E-state index is 5.57. The van der Waals surface area contributed by atoms with E-state index < -0.39 is 0 Å². The lowest BCUT2D eigenvalue weighted by Gasteiger charge is -2.34.